The van der Waals surface area contributed by atoms with Crippen molar-refractivity contribution in [2.24, 2.45) is 0 Å². The number of hydrogen-bond donors (Lipinski definition) is 2. The van der Waals surface area contributed by atoms with Crippen LogP contribution in [0.25, 0.3) is 0 Å². The fraction of sp³-hybridized carbons (Fsp3) is 0.400. The van der Waals surface area contributed by atoms with E-state index in [2.05, 4.69) is 10.6 Å². The number of methoxy groups -OCH3 is 1. The van der Waals surface area contributed by atoms with Gasteiger partial charge in [0.05, 0.1) is 31.2 Å². The fourth-order valence-electron chi connectivity index (χ4n) is 4.38. The van der Waals surface area contributed by atoms with Gasteiger partial charge in [-0.3, -0.25) is 14.4 Å². The Morgan fingerprint density at radius 2 is 2.00 bits per heavy atom. The lowest BCUT2D eigenvalue weighted by Gasteiger charge is -2.42. The van der Waals surface area contributed by atoms with E-state index in [1.807, 2.05) is 0 Å². The van der Waals surface area contributed by atoms with Crippen LogP contribution in [-0.2, 0) is 9.53 Å². The van der Waals surface area contributed by atoms with Gasteiger partial charge < -0.3 is 29.7 Å². The van der Waals surface area contributed by atoms with Gasteiger partial charge in [-0.1, -0.05) is 6.07 Å². The third kappa shape index (κ3) is 4.99. The molecule has 2 aliphatic rings. The van der Waals surface area contributed by atoms with Crippen LogP contribution in [0.1, 0.15) is 40.0 Å². The first-order chi connectivity index (χ1) is 16.4. The van der Waals surface area contributed by atoms with E-state index in [0.29, 0.717) is 41.2 Å². The van der Waals surface area contributed by atoms with Gasteiger partial charge in [-0.25, -0.2) is 0 Å². The maximum atomic E-state index is 13.3. The zero-order chi connectivity index (χ0) is 24.2. The van der Waals surface area contributed by atoms with Gasteiger partial charge in [0.1, 0.15) is 24.2 Å². The van der Waals surface area contributed by atoms with Crippen molar-refractivity contribution in [1.82, 2.24) is 10.2 Å². The van der Waals surface area contributed by atoms with E-state index in [0.717, 1.165) is 0 Å². The van der Waals surface area contributed by atoms with Gasteiger partial charge in [-0.2, -0.15) is 0 Å². The van der Waals surface area contributed by atoms with Crippen molar-refractivity contribution in [1.29, 1.82) is 0 Å². The standard InChI is InChI=1S/C25H29N3O6/c1-26-23(29)13-18-8-9-20-22(34-18)14-33-21-10-7-16(12-19(21)25(31)28(20)2)27-24(30)15-5-4-6-17(11-15)32-3/h4-7,10-12,18,20,22H,8-9,13-14H2,1-3H3,(H,26,29)(H,27,30)/t18-,20+,22+/m0/s1. The molecule has 2 aromatic carbocycles. The number of benzene rings is 2. The van der Waals surface area contributed by atoms with E-state index in [1.54, 1.807) is 61.5 Å². The highest BCUT2D eigenvalue weighted by atomic mass is 16.5. The van der Waals surface area contributed by atoms with Crippen LogP contribution in [0.4, 0.5) is 5.69 Å². The van der Waals surface area contributed by atoms with Gasteiger partial charge in [-0.15, -0.1) is 0 Å². The summed E-state index contributed by atoms with van der Waals surface area (Å²) < 4.78 is 17.3. The molecule has 0 bridgehead atoms. The second kappa shape index (κ2) is 10.1. The van der Waals surface area contributed by atoms with Crippen LogP contribution in [0.2, 0.25) is 0 Å². The summed E-state index contributed by atoms with van der Waals surface area (Å²) in [5.74, 6) is 0.405. The maximum Gasteiger partial charge on any atom is 0.257 e. The first kappa shape index (κ1) is 23.6. The Hall–Kier alpha value is -3.59. The number of nitrogens with zero attached hydrogens (tertiary/aromatic N) is 1. The van der Waals surface area contributed by atoms with Crippen molar-refractivity contribution in [3.63, 3.8) is 0 Å². The Kier molecular flexibility index (Phi) is 7.02. The van der Waals surface area contributed by atoms with E-state index < -0.39 is 0 Å². The maximum absolute atomic E-state index is 13.3. The van der Waals surface area contributed by atoms with Gasteiger partial charge in [0.25, 0.3) is 11.8 Å². The van der Waals surface area contributed by atoms with Gasteiger partial charge in [0.15, 0.2) is 0 Å². The summed E-state index contributed by atoms with van der Waals surface area (Å²) in [7, 11) is 4.89. The average molecular weight is 468 g/mol. The predicted octanol–water partition coefficient (Wildman–Crippen LogP) is 2.46. The van der Waals surface area contributed by atoms with Gasteiger partial charge in [0, 0.05) is 25.3 Å². The Bertz CT molecular complexity index is 1090. The Labute approximate surface area is 198 Å². The molecule has 0 aliphatic carbocycles. The number of anilines is 1. The Balaban J connectivity index is 1.51. The van der Waals surface area contributed by atoms with Crippen LogP contribution < -0.4 is 20.1 Å². The quantitative estimate of drug-likeness (QED) is 0.700. The number of hydrogen-bond acceptors (Lipinski definition) is 6. The minimum atomic E-state index is -0.335. The van der Waals surface area contributed by atoms with E-state index in [-0.39, 0.29) is 49.0 Å². The third-order valence-corrected chi connectivity index (χ3v) is 6.29. The summed E-state index contributed by atoms with van der Waals surface area (Å²) in [6.45, 7) is 0.259. The summed E-state index contributed by atoms with van der Waals surface area (Å²) in [5.41, 5.74) is 1.30. The summed E-state index contributed by atoms with van der Waals surface area (Å²) in [4.78, 5) is 39.5. The van der Waals surface area contributed by atoms with Crippen molar-refractivity contribution in [2.75, 3.05) is 33.1 Å². The molecular formula is C25H29N3O6. The third-order valence-electron chi connectivity index (χ3n) is 6.29. The molecular weight excluding hydrogens is 438 g/mol. The first-order valence-electron chi connectivity index (χ1n) is 11.2. The summed E-state index contributed by atoms with van der Waals surface area (Å²) in [5, 5.41) is 5.45. The zero-order valence-corrected chi connectivity index (χ0v) is 19.5. The SMILES string of the molecule is CNC(=O)C[C@@H]1CC[C@@H]2[C@@H](COc3ccc(NC(=O)c4cccc(OC)c4)cc3C(=O)N2C)O1. The van der Waals surface area contributed by atoms with Crippen LogP contribution in [0.5, 0.6) is 11.5 Å². The highest BCUT2D eigenvalue weighted by molar-refractivity contribution is 6.05. The molecule has 180 valence electrons. The summed E-state index contributed by atoms with van der Waals surface area (Å²) >= 11 is 0. The monoisotopic (exact) mass is 467 g/mol. The number of fused-ring (bicyclic) bond motifs is 2. The molecule has 0 spiro atoms. The first-order valence-corrected chi connectivity index (χ1v) is 11.2. The van der Waals surface area contributed by atoms with Crippen LogP contribution in [0, 0.1) is 0 Å². The Morgan fingerprint density at radius 3 is 2.76 bits per heavy atom. The van der Waals surface area contributed by atoms with Crippen LogP contribution >= 0.6 is 0 Å². The summed E-state index contributed by atoms with van der Waals surface area (Å²) in [6.07, 6.45) is 1.12. The molecule has 2 heterocycles. The number of ether oxygens (including phenoxy) is 3. The average Bonchev–Trinajstić information content (AvgIpc) is 2.86. The highest BCUT2D eigenvalue weighted by Crippen LogP contribution is 2.32. The number of carbonyl (C=O) groups is 3. The molecule has 4 rings (SSSR count). The molecule has 2 N–H and O–H groups in total. The molecule has 2 aliphatic heterocycles. The number of amides is 3. The number of rotatable bonds is 5. The molecule has 0 radical (unpaired) electrons. The second-order valence-corrected chi connectivity index (χ2v) is 8.44. The van der Waals surface area contributed by atoms with Crippen molar-refractivity contribution in [3.05, 3.63) is 53.6 Å². The molecule has 9 nitrogen and oxygen atoms in total. The van der Waals surface area contributed by atoms with Crippen LogP contribution in [0.15, 0.2) is 42.5 Å². The molecule has 0 saturated carbocycles. The molecule has 0 aromatic heterocycles. The number of likely N-dealkylation sites (N-methyl/N-ethyl adjacent to an activating group) is 1. The largest absolute Gasteiger partial charge is 0.497 e. The number of nitrogens with one attached hydrogen (secondary N) is 2. The fourth-order valence-corrected chi connectivity index (χ4v) is 4.38. The molecule has 3 amide bonds. The van der Waals surface area contributed by atoms with E-state index in [1.165, 1.54) is 7.11 Å². The lowest BCUT2D eigenvalue weighted by molar-refractivity contribution is -0.133. The molecule has 9 heteroatoms. The van der Waals surface area contributed by atoms with Crippen molar-refractivity contribution in [3.8, 4) is 11.5 Å². The predicted molar refractivity (Wildman–Crippen MR) is 125 cm³/mol. The van der Waals surface area contributed by atoms with Crippen LogP contribution in [0.3, 0.4) is 0 Å². The minimum absolute atomic E-state index is 0.0755. The molecule has 2 aromatic rings. The molecule has 3 atom stereocenters. The Morgan fingerprint density at radius 1 is 1.18 bits per heavy atom. The smallest absolute Gasteiger partial charge is 0.257 e. The van der Waals surface area contributed by atoms with Gasteiger partial charge in [-0.05, 0) is 49.2 Å². The van der Waals surface area contributed by atoms with E-state index in [9.17, 15) is 14.4 Å². The van der Waals surface area contributed by atoms with E-state index >= 15 is 0 Å². The lowest BCUT2D eigenvalue weighted by Crippen LogP contribution is -2.53. The topological polar surface area (TPSA) is 106 Å². The minimum Gasteiger partial charge on any atom is -0.497 e. The summed E-state index contributed by atoms with van der Waals surface area (Å²) in [6, 6.07) is 11.7. The second-order valence-electron chi connectivity index (χ2n) is 8.44. The molecule has 0 unspecified atom stereocenters. The normalized spacial score (nSPS) is 21.8. The zero-order valence-electron chi connectivity index (χ0n) is 19.5. The van der Waals surface area contributed by atoms with Crippen molar-refractivity contribution < 1.29 is 28.6 Å². The van der Waals surface area contributed by atoms with E-state index in [4.69, 9.17) is 14.2 Å². The molecule has 34 heavy (non-hydrogen) atoms. The molecule has 1 fully saturated rings. The van der Waals surface area contributed by atoms with Gasteiger partial charge in [0.2, 0.25) is 5.91 Å². The highest BCUT2D eigenvalue weighted by Gasteiger charge is 2.39. The number of carbonyl (C=O) groups excluding carboxylic acids is 3. The molecule has 1 saturated heterocycles. The van der Waals surface area contributed by atoms with Crippen LogP contribution in [-0.4, -0.2) is 68.7 Å². The lowest BCUT2D eigenvalue weighted by atomic mass is 9.94. The van der Waals surface area contributed by atoms with Crippen molar-refractivity contribution in [2.45, 2.75) is 37.5 Å². The van der Waals surface area contributed by atoms with Gasteiger partial charge >= 0.3 is 0 Å². The van der Waals surface area contributed by atoms with Crippen molar-refractivity contribution >= 4 is 23.4 Å².